The van der Waals surface area contributed by atoms with Crippen molar-refractivity contribution in [1.29, 1.82) is 0 Å². The number of aromatic nitrogens is 2. The van der Waals surface area contributed by atoms with E-state index in [-0.39, 0.29) is 5.91 Å². The summed E-state index contributed by atoms with van der Waals surface area (Å²) >= 11 is 1.86. The summed E-state index contributed by atoms with van der Waals surface area (Å²) in [5.41, 5.74) is 0.840. The fourth-order valence-corrected chi connectivity index (χ4v) is 4.68. The van der Waals surface area contributed by atoms with Crippen LogP contribution in [0, 0.1) is 6.92 Å². The van der Waals surface area contributed by atoms with Gasteiger partial charge >= 0.3 is 0 Å². The molecule has 3 rings (SSSR count). The summed E-state index contributed by atoms with van der Waals surface area (Å²) in [7, 11) is 0. The number of thioether (sulfide) groups is 1. The summed E-state index contributed by atoms with van der Waals surface area (Å²) in [5, 5.41) is 17.8. The van der Waals surface area contributed by atoms with Gasteiger partial charge in [-0.2, -0.15) is 16.9 Å². The van der Waals surface area contributed by atoms with Crippen LogP contribution in [-0.2, 0) is 0 Å². The van der Waals surface area contributed by atoms with E-state index in [4.69, 9.17) is 0 Å². The van der Waals surface area contributed by atoms with Gasteiger partial charge in [0.15, 0.2) is 0 Å². The lowest BCUT2D eigenvalue weighted by Gasteiger charge is -2.31. The van der Waals surface area contributed by atoms with E-state index in [1.165, 1.54) is 12.8 Å². The van der Waals surface area contributed by atoms with E-state index in [9.17, 15) is 9.90 Å². The Labute approximate surface area is 135 Å². The van der Waals surface area contributed by atoms with Crippen LogP contribution in [0.25, 0.3) is 0 Å². The zero-order chi connectivity index (χ0) is 15.6. The number of hydrogen-bond donors (Lipinski definition) is 2. The summed E-state index contributed by atoms with van der Waals surface area (Å²) in [6, 6.07) is 0.445. The lowest BCUT2D eigenvalue weighted by atomic mass is 9.97. The summed E-state index contributed by atoms with van der Waals surface area (Å²) < 4.78 is 2.01. The van der Waals surface area contributed by atoms with Crippen LogP contribution in [0.1, 0.15) is 60.6 Å². The number of hydrogen-bond acceptors (Lipinski definition) is 4. The minimum Gasteiger partial charge on any atom is -0.388 e. The van der Waals surface area contributed by atoms with E-state index in [1.807, 2.05) is 23.4 Å². The Morgan fingerprint density at radius 3 is 2.82 bits per heavy atom. The second kappa shape index (κ2) is 6.62. The molecular weight excluding hydrogens is 298 g/mol. The largest absolute Gasteiger partial charge is 0.388 e. The van der Waals surface area contributed by atoms with Gasteiger partial charge in [-0.25, -0.2) is 0 Å². The smallest absolute Gasteiger partial charge is 0.254 e. The standard InChI is InChI=1S/C16H25N3O2S/c1-12-14(10-18-19(12)13-4-2-3-5-13)15(20)17-11-16(21)6-8-22-9-7-16/h10,13,21H,2-9,11H2,1H3,(H,17,20). The minimum atomic E-state index is -0.740. The van der Waals surface area contributed by atoms with Crippen LogP contribution < -0.4 is 5.32 Å². The lowest BCUT2D eigenvalue weighted by molar-refractivity contribution is 0.0311. The molecule has 1 saturated carbocycles. The molecule has 0 atom stereocenters. The first kappa shape index (κ1) is 15.9. The molecule has 0 aromatic carbocycles. The van der Waals surface area contributed by atoms with E-state index in [2.05, 4.69) is 10.4 Å². The summed E-state index contributed by atoms with van der Waals surface area (Å²) in [6.07, 6.45) is 7.97. The van der Waals surface area contributed by atoms with Crippen molar-refractivity contribution in [3.8, 4) is 0 Å². The van der Waals surface area contributed by atoms with Crippen LogP contribution in [0.2, 0.25) is 0 Å². The highest BCUT2D eigenvalue weighted by molar-refractivity contribution is 7.99. The highest BCUT2D eigenvalue weighted by Gasteiger charge is 2.30. The van der Waals surface area contributed by atoms with Gasteiger partial charge in [0.25, 0.3) is 5.91 Å². The van der Waals surface area contributed by atoms with Gasteiger partial charge in [0.2, 0.25) is 0 Å². The van der Waals surface area contributed by atoms with E-state index in [1.54, 1.807) is 6.20 Å². The molecule has 0 unspecified atom stereocenters. The summed E-state index contributed by atoms with van der Waals surface area (Å²) in [6.45, 7) is 2.30. The first-order chi connectivity index (χ1) is 10.6. The van der Waals surface area contributed by atoms with E-state index in [0.717, 1.165) is 42.9 Å². The summed E-state index contributed by atoms with van der Waals surface area (Å²) in [5.74, 6) is 1.81. The predicted octanol–water partition coefficient (Wildman–Crippen LogP) is 2.29. The second-order valence-electron chi connectivity index (χ2n) is 6.55. The number of nitrogens with zero attached hydrogens (tertiary/aromatic N) is 2. The zero-order valence-corrected chi connectivity index (χ0v) is 14.0. The third-order valence-corrected chi connectivity index (χ3v) is 5.95. The van der Waals surface area contributed by atoms with Gasteiger partial charge in [-0.1, -0.05) is 12.8 Å². The van der Waals surface area contributed by atoms with E-state index in [0.29, 0.717) is 18.2 Å². The molecule has 2 N–H and O–H groups in total. The Morgan fingerprint density at radius 1 is 1.45 bits per heavy atom. The Balaban J connectivity index is 1.62. The van der Waals surface area contributed by atoms with E-state index < -0.39 is 5.60 Å². The number of carbonyl (C=O) groups is 1. The molecule has 1 saturated heterocycles. The molecule has 6 heteroatoms. The van der Waals surface area contributed by atoms with Crippen LogP contribution in [0.5, 0.6) is 0 Å². The molecule has 1 aromatic rings. The number of carbonyl (C=O) groups excluding carboxylic acids is 1. The molecule has 5 nitrogen and oxygen atoms in total. The maximum Gasteiger partial charge on any atom is 0.254 e. The number of rotatable bonds is 4. The zero-order valence-electron chi connectivity index (χ0n) is 13.2. The molecule has 22 heavy (non-hydrogen) atoms. The average Bonchev–Trinajstić information content (AvgIpc) is 3.15. The van der Waals surface area contributed by atoms with Crippen molar-refractivity contribution in [2.24, 2.45) is 0 Å². The second-order valence-corrected chi connectivity index (χ2v) is 7.77. The molecule has 1 aromatic heterocycles. The third kappa shape index (κ3) is 3.33. The van der Waals surface area contributed by atoms with Crippen molar-refractivity contribution in [3.05, 3.63) is 17.5 Å². The topological polar surface area (TPSA) is 67.2 Å². The maximum atomic E-state index is 12.4. The van der Waals surface area contributed by atoms with Crippen molar-refractivity contribution in [3.63, 3.8) is 0 Å². The van der Waals surface area contributed by atoms with Crippen LogP contribution in [0.15, 0.2) is 6.20 Å². The Morgan fingerprint density at radius 2 is 2.14 bits per heavy atom. The fourth-order valence-electron chi connectivity index (χ4n) is 3.43. The molecule has 0 spiro atoms. The van der Waals surface area contributed by atoms with Crippen molar-refractivity contribution in [2.45, 2.75) is 57.1 Å². The van der Waals surface area contributed by atoms with Crippen LogP contribution in [-0.4, -0.2) is 44.4 Å². The highest BCUT2D eigenvalue weighted by atomic mass is 32.2. The molecule has 0 radical (unpaired) electrons. The summed E-state index contributed by atoms with van der Waals surface area (Å²) in [4.78, 5) is 12.4. The normalized spacial score (nSPS) is 21.9. The molecular formula is C16H25N3O2S. The van der Waals surface area contributed by atoms with Gasteiger partial charge in [0.1, 0.15) is 0 Å². The Hall–Kier alpha value is -1.01. The van der Waals surface area contributed by atoms with Gasteiger partial charge < -0.3 is 10.4 Å². The molecule has 0 bridgehead atoms. The Bertz CT molecular complexity index is 531. The fraction of sp³-hybridized carbons (Fsp3) is 0.750. The number of amides is 1. The van der Waals surface area contributed by atoms with Crippen molar-refractivity contribution >= 4 is 17.7 Å². The monoisotopic (exact) mass is 323 g/mol. The molecule has 2 fully saturated rings. The molecule has 1 aliphatic carbocycles. The maximum absolute atomic E-state index is 12.4. The van der Waals surface area contributed by atoms with Gasteiger partial charge in [-0.3, -0.25) is 9.48 Å². The van der Waals surface area contributed by atoms with Crippen molar-refractivity contribution in [1.82, 2.24) is 15.1 Å². The Kier molecular flexibility index (Phi) is 4.78. The van der Waals surface area contributed by atoms with E-state index >= 15 is 0 Å². The first-order valence-electron chi connectivity index (χ1n) is 8.21. The van der Waals surface area contributed by atoms with Gasteiger partial charge in [-0.15, -0.1) is 0 Å². The lowest BCUT2D eigenvalue weighted by Crippen LogP contribution is -2.45. The molecule has 1 aliphatic heterocycles. The van der Waals surface area contributed by atoms with Gasteiger partial charge in [-0.05, 0) is 44.1 Å². The van der Waals surface area contributed by atoms with Crippen LogP contribution in [0.4, 0.5) is 0 Å². The predicted molar refractivity (Wildman–Crippen MR) is 88.3 cm³/mol. The molecule has 1 amide bonds. The highest BCUT2D eigenvalue weighted by Crippen LogP contribution is 2.30. The first-order valence-corrected chi connectivity index (χ1v) is 9.37. The van der Waals surface area contributed by atoms with Gasteiger partial charge in [0.05, 0.1) is 23.4 Å². The molecule has 122 valence electrons. The molecule has 2 aliphatic rings. The average molecular weight is 323 g/mol. The SMILES string of the molecule is Cc1c(C(=O)NCC2(O)CCSCC2)cnn1C1CCCC1. The van der Waals surface area contributed by atoms with Crippen molar-refractivity contribution < 1.29 is 9.90 Å². The number of nitrogens with one attached hydrogen (secondary N) is 1. The van der Waals surface area contributed by atoms with Crippen LogP contribution in [0.3, 0.4) is 0 Å². The molecule has 2 heterocycles. The van der Waals surface area contributed by atoms with Crippen molar-refractivity contribution in [2.75, 3.05) is 18.1 Å². The third-order valence-electron chi connectivity index (χ3n) is 4.96. The minimum absolute atomic E-state index is 0.117. The quantitative estimate of drug-likeness (QED) is 0.892. The number of aliphatic hydroxyl groups is 1. The van der Waals surface area contributed by atoms with Gasteiger partial charge in [0, 0.05) is 12.2 Å². The van der Waals surface area contributed by atoms with Crippen LogP contribution >= 0.6 is 11.8 Å².